The molecule has 0 aromatic heterocycles. The largest absolute Gasteiger partial charge is 0.207 e. The highest BCUT2D eigenvalue weighted by Gasteiger charge is 2.35. The Kier molecular flexibility index (Phi) is 4.70. The third-order valence-electron chi connectivity index (χ3n) is 4.55. The first-order valence-corrected chi connectivity index (χ1v) is 8.17. The molecular weight excluding hydrogens is 303 g/mol. The molecule has 0 N–H and O–H groups in total. The minimum atomic E-state index is -0.0555. The third-order valence-corrected chi connectivity index (χ3v) is 5.76. The quantitative estimate of drug-likeness (QED) is 0.621. The number of halogens is 2. The molecule has 2 heteroatoms. The van der Waals surface area contributed by atoms with Gasteiger partial charge in [0, 0.05) is 4.83 Å². The summed E-state index contributed by atoms with van der Waals surface area (Å²) >= 11 is 3.81. The molecule has 1 aromatic carbocycles. The number of benzene rings is 1. The molecule has 0 heterocycles. The van der Waals surface area contributed by atoms with Gasteiger partial charge in [0.1, 0.15) is 5.82 Å². The van der Waals surface area contributed by atoms with Crippen molar-refractivity contribution in [1.82, 2.24) is 0 Å². The molecule has 0 bridgehead atoms. The van der Waals surface area contributed by atoms with Gasteiger partial charge in [-0.05, 0) is 54.6 Å². The first kappa shape index (κ1) is 15.0. The summed E-state index contributed by atoms with van der Waals surface area (Å²) in [6, 6.07) is 7.20. The van der Waals surface area contributed by atoms with E-state index in [1.54, 1.807) is 12.1 Å². The lowest BCUT2D eigenvalue weighted by Crippen LogP contribution is -2.33. The maximum absolute atomic E-state index is 13.8. The monoisotopic (exact) mass is 326 g/mol. The highest BCUT2D eigenvalue weighted by atomic mass is 79.9. The van der Waals surface area contributed by atoms with Crippen LogP contribution in [0, 0.1) is 23.1 Å². The zero-order valence-electron chi connectivity index (χ0n) is 12.1. The lowest BCUT2D eigenvalue weighted by molar-refractivity contribution is 0.146. The molecule has 3 unspecified atom stereocenters. The molecule has 3 atom stereocenters. The number of hydrogen-bond donors (Lipinski definition) is 0. The minimum Gasteiger partial charge on any atom is -0.207 e. The Morgan fingerprint density at radius 1 is 1.21 bits per heavy atom. The second-order valence-corrected chi connectivity index (χ2v) is 8.12. The Hall–Kier alpha value is -0.370. The van der Waals surface area contributed by atoms with Crippen molar-refractivity contribution in [2.24, 2.45) is 17.3 Å². The average Bonchev–Trinajstić information content (AvgIpc) is 2.33. The third kappa shape index (κ3) is 3.81. The highest BCUT2D eigenvalue weighted by Crippen LogP contribution is 2.43. The molecule has 1 aromatic rings. The van der Waals surface area contributed by atoms with Gasteiger partial charge in [0.05, 0.1) is 0 Å². The summed E-state index contributed by atoms with van der Waals surface area (Å²) in [5.74, 6) is 1.24. The Labute approximate surface area is 124 Å². The van der Waals surface area contributed by atoms with Crippen molar-refractivity contribution in [2.45, 2.75) is 51.3 Å². The summed E-state index contributed by atoms with van der Waals surface area (Å²) in [7, 11) is 0. The summed E-state index contributed by atoms with van der Waals surface area (Å²) in [5, 5.41) is 0. The lowest BCUT2D eigenvalue weighted by atomic mass is 9.68. The first-order chi connectivity index (χ1) is 8.88. The number of alkyl halides is 1. The average molecular weight is 327 g/mol. The van der Waals surface area contributed by atoms with Gasteiger partial charge in [-0.2, -0.15) is 0 Å². The highest BCUT2D eigenvalue weighted by molar-refractivity contribution is 9.09. The summed E-state index contributed by atoms with van der Waals surface area (Å²) in [6.07, 6.45) is 4.55. The summed E-state index contributed by atoms with van der Waals surface area (Å²) in [5.41, 5.74) is 1.23. The van der Waals surface area contributed by atoms with Gasteiger partial charge in [-0.15, -0.1) is 0 Å². The van der Waals surface area contributed by atoms with Gasteiger partial charge >= 0.3 is 0 Å². The molecule has 0 radical (unpaired) electrons. The molecule has 1 aliphatic carbocycles. The van der Waals surface area contributed by atoms with Crippen molar-refractivity contribution < 1.29 is 4.39 Å². The molecule has 1 saturated carbocycles. The molecule has 0 saturated heterocycles. The van der Waals surface area contributed by atoms with Gasteiger partial charge in [0.15, 0.2) is 0 Å². The van der Waals surface area contributed by atoms with Crippen LogP contribution in [0.15, 0.2) is 24.3 Å². The van der Waals surface area contributed by atoms with Crippen molar-refractivity contribution in [3.63, 3.8) is 0 Å². The fraction of sp³-hybridized carbons (Fsp3) is 0.647. The molecule has 0 spiro atoms. The predicted molar refractivity (Wildman–Crippen MR) is 83.1 cm³/mol. The zero-order valence-corrected chi connectivity index (χ0v) is 13.7. The van der Waals surface area contributed by atoms with Crippen molar-refractivity contribution in [2.75, 3.05) is 0 Å². The van der Waals surface area contributed by atoms with Crippen LogP contribution in [-0.4, -0.2) is 4.83 Å². The predicted octanol–water partition coefficient (Wildman–Crippen LogP) is 5.59. The SMILES string of the molecule is CC(C)(C)C1CCC(Br)C(Cc2ccccc2F)C1. The molecular formula is C17H24BrF. The van der Waals surface area contributed by atoms with Gasteiger partial charge in [-0.3, -0.25) is 0 Å². The van der Waals surface area contributed by atoms with E-state index in [9.17, 15) is 4.39 Å². The van der Waals surface area contributed by atoms with Crippen LogP contribution in [0.2, 0.25) is 0 Å². The molecule has 0 aliphatic heterocycles. The summed E-state index contributed by atoms with van der Waals surface area (Å²) in [4.78, 5) is 0.533. The second kappa shape index (κ2) is 5.95. The van der Waals surface area contributed by atoms with Gasteiger partial charge < -0.3 is 0 Å². The Balaban J connectivity index is 2.08. The molecule has 1 fully saturated rings. The Bertz CT molecular complexity index is 422. The molecule has 106 valence electrons. The van der Waals surface area contributed by atoms with Crippen molar-refractivity contribution in [1.29, 1.82) is 0 Å². The molecule has 0 nitrogen and oxygen atoms in total. The van der Waals surface area contributed by atoms with E-state index >= 15 is 0 Å². The molecule has 2 rings (SSSR count). The van der Waals surface area contributed by atoms with Crippen LogP contribution in [0.3, 0.4) is 0 Å². The van der Waals surface area contributed by atoms with Crippen molar-refractivity contribution in [3.8, 4) is 0 Å². The van der Waals surface area contributed by atoms with E-state index in [2.05, 4.69) is 36.7 Å². The van der Waals surface area contributed by atoms with Crippen LogP contribution in [0.5, 0.6) is 0 Å². The van der Waals surface area contributed by atoms with E-state index in [1.165, 1.54) is 19.3 Å². The van der Waals surface area contributed by atoms with Crippen LogP contribution in [0.25, 0.3) is 0 Å². The van der Waals surface area contributed by atoms with E-state index in [-0.39, 0.29) is 5.82 Å². The van der Waals surface area contributed by atoms with Crippen LogP contribution in [0.1, 0.15) is 45.6 Å². The molecule has 1 aliphatic rings. The van der Waals surface area contributed by atoms with Crippen LogP contribution in [0.4, 0.5) is 4.39 Å². The fourth-order valence-corrected chi connectivity index (χ4v) is 3.84. The fourth-order valence-electron chi connectivity index (χ4n) is 3.17. The van der Waals surface area contributed by atoms with Gasteiger partial charge in [0.2, 0.25) is 0 Å². The van der Waals surface area contributed by atoms with E-state index in [0.29, 0.717) is 16.2 Å². The standard InChI is InChI=1S/C17H24BrF/c1-17(2,3)14-8-9-15(18)13(11-14)10-12-6-4-5-7-16(12)19/h4-7,13-15H,8-11H2,1-3H3. The van der Waals surface area contributed by atoms with Crippen LogP contribution < -0.4 is 0 Å². The van der Waals surface area contributed by atoms with E-state index in [4.69, 9.17) is 0 Å². The zero-order chi connectivity index (χ0) is 14.0. The van der Waals surface area contributed by atoms with Gasteiger partial charge in [0.25, 0.3) is 0 Å². The smallest absolute Gasteiger partial charge is 0.126 e. The van der Waals surface area contributed by atoms with E-state index < -0.39 is 0 Å². The number of rotatable bonds is 2. The molecule has 0 amide bonds. The lowest BCUT2D eigenvalue weighted by Gasteiger charge is -2.40. The summed E-state index contributed by atoms with van der Waals surface area (Å²) in [6.45, 7) is 6.98. The molecule has 19 heavy (non-hydrogen) atoms. The second-order valence-electron chi connectivity index (χ2n) is 6.95. The van der Waals surface area contributed by atoms with E-state index in [0.717, 1.165) is 17.9 Å². The number of hydrogen-bond acceptors (Lipinski definition) is 0. The van der Waals surface area contributed by atoms with Crippen molar-refractivity contribution >= 4 is 15.9 Å². The minimum absolute atomic E-state index is 0.0555. The maximum Gasteiger partial charge on any atom is 0.126 e. The van der Waals surface area contributed by atoms with Gasteiger partial charge in [-0.1, -0.05) is 54.9 Å². The topological polar surface area (TPSA) is 0 Å². The van der Waals surface area contributed by atoms with E-state index in [1.807, 2.05) is 12.1 Å². The van der Waals surface area contributed by atoms with Crippen molar-refractivity contribution in [3.05, 3.63) is 35.6 Å². The summed E-state index contributed by atoms with van der Waals surface area (Å²) < 4.78 is 13.8. The first-order valence-electron chi connectivity index (χ1n) is 7.25. The normalized spacial score (nSPS) is 28.4. The van der Waals surface area contributed by atoms with Crippen LogP contribution in [-0.2, 0) is 6.42 Å². The van der Waals surface area contributed by atoms with Crippen LogP contribution >= 0.6 is 15.9 Å². The van der Waals surface area contributed by atoms with Gasteiger partial charge in [-0.25, -0.2) is 4.39 Å². The Morgan fingerprint density at radius 3 is 2.53 bits per heavy atom. The maximum atomic E-state index is 13.8. The Morgan fingerprint density at radius 2 is 1.89 bits per heavy atom.